The molecule has 0 aromatic carbocycles. The average molecular weight is 305 g/mol. The van der Waals surface area contributed by atoms with Gasteiger partial charge in [-0.2, -0.15) is 0 Å². The molecular weight excluding hydrogens is 278 g/mol. The molecule has 0 aliphatic carbocycles. The minimum atomic E-state index is -0.511. The summed E-state index contributed by atoms with van der Waals surface area (Å²) >= 11 is 0. The van der Waals surface area contributed by atoms with Crippen molar-refractivity contribution < 1.29 is 9.53 Å². The van der Waals surface area contributed by atoms with Crippen LogP contribution in [0, 0.1) is 0 Å². The van der Waals surface area contributed by atoms with E-state index in [9.17, 15) is 4.79 Å². The Hall–Kier alpha value is -1.62. The number of anilines is 1. The van der Waals surface area contributed by atoms with Crippen LogP contribution in [-0.2, 0) is 16.6 Å². The second kappa shape index (κ2) is 5.88. The zero-order chi connectivity index (χ0) is 16.5. The highest BCUT2D eigenvalue weighted by molar-refractivity contribution is 5.88. The van der Waals surface area contributed by atoms with Crippen LogP contribution >= 0.6 is 0 Å². The van der Waals surface area contributed by atoms with Gasteiger partial charge in [-0.15, -0.1) is 0 Å². The molecule has 0 spiro atoms. The standard InChI is InChI=1S/C17H27N3O2/c1-16(2,3)22-15(21)20-10-6-7-12-8-9-13(19-14(12)20)17(4,5)11-18/h8-9H,6-7,10-11,18H2,1-5H3. The first-order chi connectivity index (χ1) is 10.1. The summed E-state index contributed by atoms with van der Waals surface area (Å²) in [5.41, 5.74) is 7.12. The smallest absolute Gasteiger partial charge is 0.416 e. The molecule has 2 heterocycles. The van der Waals surface area contributed by atoms with Crippen LogP contribution in [0.4, 0.5) is 10.6 Å². The molecule has 1 aliphatic heterocycles. The van der Waals surface area contributed by atoms with Gasteiger partial charge in [0.2, 0.25) is 0 Å². The third kappa shape index (κ3) is 3.58. The van der Waals surface area contributed by atoms with Crippen molar-refractivity contribution in [3.8, 4) is 0 Å². The fraction of sp³-hybridized carbons (Fsp3) is 0.647. The first kappa shape index (κ1) is 16.7. The number of aryl methyl sites for hydroxylation is 1. The van der Waals surface area contributed by atoms with Gasteiger partial charge in [-0.25, -0.2) is 9.78 Å². The van der Waals surface area contributed by atoms with Crippen LogP contribution in [0.2, 0.25) is 0 Å². The highest BCUT2D eigenvalue weighted by atomic mass is 16.6. The largest absolute Gasteiger partial charge is 0.443 e. The van der Waals surface area contributed by atoms with Crippen molar-refractivity contribution in [2.45, 2.75) is 58.5 Å². The van der Waals surface area contributed by atoms with E-state index < -0.39 is 5.60 Å². The second-order valence-corrected chi connectivity index (χ2v) is 7.50. The number of amides is 1. The highest BCUT2D eigenvalue weighted by Gasteiger charge is 2.30. The van der Waals surface area contributed by atoms with Crippen molar-refractivity contribution in [1.82, 2.24) is 4.98 Å². The average Bonchev–Trinajstić information content (AvgIpc) is 2.44. The van der Waals surface area contributed by atoms with E-state index in [1.165, 1.54) is 0 Å². The maximum atomic E-state index is 12.4. The van der Waals surface area contributed by atoms with E-state index in [0.717, 1.165) is 29.9 Å². The fourth-order valence-electron chi connectivity index (χ4n) is 2.42. The Balaban J connectivity index is 2.36. The lowest BCUT2D eigenvalue weighted by Crippen LogP contribution is -2.41. The van der Waals surface area contributed by atoms with Gasteiger partial charge in [0.25, 0.3) is 0 Å². The summed E-state index contributed by atoms with van der Waals surface area (Å²) < 4.78 is 5.51. The lowest BCUT2D eigenvalue weighted by Gasteiger charge is -2.32. The van der Waals surface area contributed by atoms with Gasteiger partial charge in [0.1, 0.15) is 11.4 Å². The lowest BCUT2D eigenvalue weighted by molar-refractivity contribution is 0.0576. The van der Waals surface area contributed by atoms with Crippen molar-refractivity contribution in [1.29, 1.82) is 0 Å². The van der Waals surface area contributed by atoms with Gasteiger partial charge in [0, 0.05) is 24.2 Å². The van der Waals surface area contributed by atoms with Gasteiger partial charge in [-0.05, 0) is 45.2 Å². The summed E-state index contributed by atoms with van der Waals surface area (Å²) in [7, 11) is 0. The van der Waals surface area contributed by atoms with Gasteiger partial charge in [0.15, 0.2) is 0 Å². The molecule has 1 aliphatic rings. The number of hydrogen-bond donors (Lipinski definition) is 1. The molecule has 2 rings (SSSR count). The Morgan fingerprint density at radius 3 is 2.59 bits per heavy atom. The topological polar surface area (TPSA) is 68.5 Å². The SMILES string of the molecule is CC(C)(C)OC(=O)N1CCCc2ccc(C(C)(C)CN)nc21. The van der Waals surface area contributed by atoms with Gasteiger partial charge in [-0.1, -0.05) is 19.9 Å². The fourth-order valence-corrected chi connectivity index (χ4v) is 2.42. The Morgan fingerprint density at radius 1 is 1.32 bits per heavy atom. The Kier molecular flexibility index (Phi) is 4.47. The van der Waals surface area contributed by atoms with Crippen LogP contribution in [0.3, 0.4) is 0 Å². The molecule has 0 bridgehead atoms. The van der Waals surface area contributed by atoms with Crippen LogP contribution in [0.1, 0.15) is 52.3 Å². The summed E-state index contributed by atoms with van der Waals surface area (Å²) in [6.45, 7) is 10.9. The van der Waals surface area contributed by atoms with Crippen molar-refractivity contribution in [3.63, 3.8) is 0 Å². The second-order valence-electron chi connectivity index (χ2n) is 7.50. The van der Waals surface area contributed by atoms with Crippen LogP contribution in [0.15, 0.2) is 12.1 Å². The van der Waals surface area contributed by atoms with Crippen LogP contribution < -0.4 is 10.6 Å². The summed E-state index contributed by atoms with van der Waals surface area (Å²) in [5.74, 6) is 0.722. The molecule has 5 heteroatoms. The van der Waals surface area contributed by atoms with E-state index in [-0.39, 0.29) is 11.5 Å². The Labute approximate surface area is 132 Å². The molecular formula is C17H27N3O2. The molecule has 1 aromatic heterocycles. The molecule has 0 unspecified atom stereocenters. The predicted molar refractivity (Wildman–Crippen MR) is 88.2 cm³/mol. The molecule has 22 heavy (non-hydrogen) atoms. The van der Waals surface area contributed by atoms with Gasteiger partial charge >= 0.3 is 6.09 Å². The number of nitrogens with two attached hydrogens (primary N) is 1. The highest BCUT2D eigenvalue weighted by Crippen LogP contribution is 2.30. The summed E-state index contributed by atoms with van der Waals surface area (Å²) in [4.78, 5) is 18.8. The molecule has 122 valence electrons. The van der Waals surface area contributed by atoms with Gasteiger partial charge in [0.05, 0.1) is 0 Å². The molecule has 0 fully saturated rings. The van der Waals surface area contributed by atoms with E-state index in [0.29, 0.717) is 13.1 Å². The summed E-state index contributed by atoms with van der Waals surface area (Å²) in [5, 5.41) is 0. The molecule has 0 atom stereocenters. The number of nitrogens with zero attached hydrogens (tertiary/aromatic N) is 2. The van der Waals surface area contributed by atoms with Gasteiger partial charge in [-0.3, -0.25) is 4.90 Å². The quantitative estimate of drug-likeness (QED) is 0.912. The number of hydrogen-bond acceptors (Lipinski definition) is 4. The van der Waals surface area contributed by atoms with Crippen molar-refractivity contribution in [2.24, 2.45) is 5.73 Å². The van der Waals surface area contributed by atoms with Crippen molar-refractivity contribution >= 4 is 11.9 Å². The summed E-state index contributed by atoms with van der Waals surface area (Å²) in [6, 6.07) is 4.08. The Bertz CT molecular complexity index is 562. The zero-order valence-electron chi connectivity index (χ0n) is 14.3. The molecule has 0 radical (unpaired) electrons. The van der Waals surface area contributed by atoms with E-state index in [2.05, 4.69) is 19.9 Å². The van der Waals surface area contributed by atoms with Crippen molar-refractivity contribution in [2.75, 3.05) is 18.0 Å². The lowest BCUT2D eigenvalue weighted by atomic mass is 9.88. The van der Waals surface area contributed by atoms with E-state index >= 15 is 0 Å². The maximum Gasteiger partial charge on any atom is 0.416 e. The molecule has 1 aromatic rings. The predicted octanol–water partition coefficient (Wildman–Crippen LogP) is 3.01. The number of carbonyl (C=O) groups is 1. The summed E-state index contributed by atoms with van der Waals surface area (Å²) in [6.07, 6.45) is 1.53. The number of pyridine rings is 1. The van der Waals surface area contributed by atoms with Crippen molar-refractivity contribution in [3.05, 3.63) is 23.4 Å². The first-order valence-electron chi connectivity index (χ1n) is 7.85. The normalized spacial score (nSPS) is 15.5. The number of carbonyl (C=O) groups excluding carboxylic acids is 1. The van der Waals surface area contributed by atoms with Crippen LogP contribution in [0.5, 0.6) is 0 Å². The monoisotopic (exact) mass is 305 g/mol. The Morgan fingerprint density at radius 2 is 2.00 bits per heavy atom. The van der Waals surface area contributed by atoms with E-state index in [1.54, 1.807) is 4.90 Å². The molecule has 0 saturated carbocycles. The minimum absolute atomic E-state index is 0.216. The molecule has 0 saturated heterocycles. The first-order valence-corrected chi connectivity index (χ1v) is 7.85. The van der Waals surface area contributed by atoms with Crippen LogP contribution in [0.25, 0.3) is 0 Å². The third-order valence-electron chi connectivity index (χ3n) is 3.86. The molecule has 5 nitrogen and oxygen atoms in total. The maximum absolute atomic E-state index is 12.4. The van der Waals surface area contributed by atoms with E-state index in [4.69, 9.17) is 15.5 Å². The molecule has 1 amide bonds. The number of ether oxygens (including phenoxy) is 1. The zero-order valence-corrected chi connectivity index (χ0v) is 14.3. The van der Waals surface area contributed by atoms with E-state index in [1.807, 2.05) is 26.8 Å². The number of rotatable bonds is 2. The number of aromatic nitrogens is 1. The minimum Gasteiger partial charge on any atom is -0.443 e. The third-order valence-corrected chi connectivity index (χ3v) is 3.86. The molecule has 2 N–H and O–H groups in total. The number of fused-ring (bicyclic) bond motifs is 1. The van der Waals surface area contributed by atoms with Gasteiger partial charge < -0.3 is 10.5 Å². The van der Waals surface area contributed by atoms with Crippen LogP contribution in [-0.4, -0.2) is 29.8 Å².